The Balaban J connectivity index is 2.21. The van der Waals surface area contributed by atoms with Crippen molar-refractivity contribution >= 4 is 23.1 Å². The van der Waals surface area contributed by atoms with E-state index >= 15 is 0 Å². The maximum absolute atomic E-state index is 5.52. The number of nitrogen functional groups attached to an aromatic ring is 1. The van der Waals surface area contributed by atoms with Crippen molar-refractivity contribution in [3.05, 3.63) is 36.5 Å². The molecule has 3 N–H and O–H groups in total. The maximum atomic E-state index is 5.52. The molecule has 0 saturated carbocycles. The molecule has 0 bridgehead atoms. The van der Waals surface area contributed by atoms with E-state index in [1.807, 2.05) is 43.3 Å². The van der Waals surface area contributed by atoms with E-state index in [1.54, 1.807) is 12.3 Å². The van der Waals surface area contributed by atoms with Gasteiger partial charge in [0.2, 0.25) is 5.95 Å². The normalized spacial score (nSPS) is 10.0. The molecule has 0 spiro atoms. The Morgan fingerprint density at radius 2 is 2.06 bits per heavy atom. The maximum Gasteiger partial charge on any atom is 0.221 e. The van der Waals surface area contributed by atoms with Gasteiger partial charge < -0.3 is 16.0 Å². The number of anilines is 4. The molecule has 0 radical (unpaired) electrons. The summed E-state index contributed by atoms with van der Waals surface area (Å²) in [6, 6.07) is 9.82. The van der Waals surface area contributed by atoms with Gasteiger partial charge in [0.15, 0.2) is 0 Å². The van der Waals surface area contributed by atoms with Crippen LogP contribution in [0.2, 0.25) is 0 Å². The van der Waals surface area contributed by atoms with Crippen LogP contribution in [0.4, 0.5) is 23.1 Å². The molecule has 0 atom stereocenters. The third-order valence-electron chi connectivity index (χ3n) is 2.31. The summed E-state index contributed by atoms with van der Waals surface area (Å²) in [4.78, 5) is 9.97. The van der Waals surface area contributed by atoms with Crippen LogP contribution in [0.1, 0.15) is 0 Å². The van der Waals surface area contributed by atoms with Crippen LogP contribution in [-0.2, 0) is 0 Å². The molecule has 17 heavy (non-hydrogen) atoms. The molecule has 0 amide bonds. The molecule has 0 aliphatic carbocycles. The van der Waals surface area contributed by atoms with Crippen LogP contribution in [0, 0.1) is 0 Å². The van der Waals surface area contributed by atoms with Crippen LogP contribution in [0.5, 0.6) is 0 Å². The van der Waals surface area contributed by atoms with E-state index in [4.69, 9.17) is 5.73 Å². The van der Waals surface area contributed by atoms with Gasteiger partial charge in [-0.25, -0.2) is 4.98 Å². The highest BCUT2D eigenvalue weighted by molar-refractivity contribution is 5.63. The molecule has 5 heteroatoms. The predicted octanol–water partition coefficient (Wildman–Crippen LogP) is 1.87. The molecule has 0 aliphatic rings. The van der Waals surface area contributed by atoms with E-state index in [9.17, 15) is 0 Å². The summed E-state index contributed by atoms with van der Waals surface area (Å²) in [5, 5.41) is 3.18. The van der Waals surface area contributed by atoms with Gasteiger partial charge in [0.1, 0.15) is 5.82 Å². The van der Waals surface area contributed by atoms with E-state index in [1.165, 1.54) is 0 Å². The lowest BCUT2D eigenvalue weighted by Gasteiger charge is -2.14. The lowest BCUT2D eigenvalue weighted by atomic mass is 10.2. The minimum atomic E-state index is 0.263. The zero-order valence-electron chi connectivity index (χ0n) is 9.88. The summed E-state index contributed by atoms with van der Waals surface area (Å²) < 4.78 is 0. The molecule has 0 saturated heterocycles. The Hall–Kier alpha value is -2.30. The summed E-state index contributed by atoms with van der Waals surface area (Å²) in [6.07, 6.45) is 1.63. The highest BCUT2D eigenvalue weighted by Crippen LogP contribution is 2.20. The SMILES string of the molecule is CN(C)c1cccc(Nc2ccnc(N)n2)c1. The topological polar surface area (TPSA) is 67.1 Å². The van der Waals surface area contributed by atoms with Crippen molar-refractivity contribution in [3.8, 4) is 0 Å². The Labute approximate surface area is 100 Å². The lowest BCUT2D eigenvalue weighted by Crippen LogP contribution is -2.08. The van der Waals surface area contributed by atoms with E-state index < -0.39 is 0 Å². The van der Waals surface area contributed by atoms with Gasteiger partial charge in [-0.2, -0.15) is 4.98 Å². The molecule has 88 valence electrons. The minimum absolute atomic E-state index is 0.263. The highest BCUT2D eigenvalue weighted by Gasteiger charge is 1.99. The van der Waals surface area contributed by atoms with Crippen molar-refractivity contribution in [2.45, 2.75) is 0 Å². The third kappa shape index (κ3) is 2.84. The Morgan fingerprint density at radius 3 is 2.76 bits per heavy atom. The van der Waals surface area contributed by atoms with Crippen molar-refractivity contribution in [2.24, 2.45) is 0 Å². The van der Waals surface area contributed by atoms with E-state index in [2.05, 4.69) is 15.3 Å². The number of nitrogens with two attached hydrogens (primary N) is 1. The average molecular weight is 229 g/mol. The van der Waals surface area contributed by atoms with Gasteiger partial charge in [0, 0.05) is 31.7 Å². The van der Waals surface area contributed by atoms with E-state index in [0.29, 0.717) is 5.82 Å². The Kier molecular flexibility index (Phi) is 3.09. The molecule has 1 aromatic heterocycles. The van der Waals surface area contributed by atoms with Crippen LogP contribution < -0.4 is 16.0 Å². The fourth-order valence-corrected chi connectivity index (χ4v) is 1.45. The minimum Gasteiger partial charge on any atom is -0.378 e. The fourth-order valence-electron chi connectivity index (χ4n) is 1.45. The Morgan fingerprint density at radius 1 is 1.24 bits per heavy atom. The van der Waals surface area contributed by atoms with Gasteiger partial charge in [-0.1, -0.05) is 6.07 Å². The van der Waals surface area contributed by atoms with E-state index in [-0.39, 0.29) is 5.95 Å². The van der Waals surface area contributed by atoms with Gasteiger partial charge in [-0.15, -0.1) is 0 Å². The summed E-state index contributed by atoms with van der Waals surface area (Å²) in [6.45, 7) is 0. The number of benzene rings is 1. The van der Waals surface area contributed by atoms with Crippen LogP contribution in [-0.4, -0.2) is 24.1 Å². The number of nitrogens with zero attached hydrogens (tertiary/aromatic N) is 3. The Bertz CT molecular complexity index is 510. The summed E-state index contributed by atoms with van der Waals surface area (Å²) >= 11 is 0. The number of nitrogens with one attached hydrogen (secondary N) is 1. The van der Waals surface area contributed by atoms with Gasteiger partial charge in [0.05, 0.1) is 0 Å². The lowest BCUT2D eigenvalue weighted by molar-refractivity contribution is 1.13. The van der Waals surface area contributed by atoms with Crippen molar-refractivity contribution in [2.75, 3.05) is 30.0 Å². The second kappa shape index (κ2) is 4.69. The first-order valence-corrected chi connectivity index (χ1v) is 5.28. The molecular formula is C12H15N5. The second-order valence-electron chi connectivity index (χ2n) is 3.87. The molecule has 1 aromatic carbocycles. The highest BCUT2D eigenvalue weighted by atomic mass is 15.1. The molecule has 5 nitrogen and oxygen atoms in total. The van der Waals surface area contributed by atoms with Crippen molar-refractivity contribution in [3.63, 3.8) is 0 Å². The zero-order valence-corrected chi connectivity index (χ0v) is 9.88. The number of aromatic nitrogens is 2. The smallest absolute Gasteiger partial charge is 0.221 e. The molecule has 0 aliphatic heterocycles. The fraction of sp³-hybridized carbons (Fsp3) is 0.167. The second-order valence-corrected chi connectivity index (χ2v) is 3.87. The van der Waals surface area contributed by atoms with Crippen LogP contribution in [0.15, 0.2) is 36.5 Å². The number of hydrogen-bond acceptors (Lipinski definition) is 5. The molecule has 1 heterocycles. The third-order valence-corrected chi connectivity index (χ3v) is 2.31. The van der Waals surface area contributed by atoms with Crippen LogP contribution in [0.25, 0.3) is 0 Å². The van der Waals surface area contributed by atoms with Gasteiger partial charge in [0.25, 0.3) is 0 Å². The van der Waals surface area contributed by atoms with Gasteiger partial charge in [-0.3, -0.25) is 0 Å². The molecule has 0 unspecified atom stereocenters. The number of rotatable bonds is 3. The average Bonchev–Trinajstić information content (AvgIpc) is 2.29. The first-order valence-electron chi connectivity index (χ1n) is 5.28. The predicted molar refractivity (Wildman–Crippen MR) is 70.5 cm³/mol. The summed E-state index contributed by atoms with van der Waals surface area (Å²) in [5.41, 5.74) is 7.61. The molecule has 0 fully saturated rings. The van der Waals surface area contributed by atoms with E-state index in [0.717, 1.165) is 11.4 Å². The quantitative estimate of drug-likeness (QED) is 0.841. The largest absolute Gasteiger partial charge is 0.378 e. The van der Waals surface area contributed by atoms with Crippen LogP contribution in [0.3, 0.4) is 0 Å². The monoisotopic (exact) mass is 229 g/mol. The van der Waals surface area contributed by atoms with Crippen molar-refractivity contribution in [1.29, 1.82) is 0 Å². The van der Waals surface area contributed by atoms with Gasteiger partial charge in [-0.05, 0) is 24.3 Å². The zero-order chi connectivity index (χ0) is 12.3. The summed E-state index contributed by atoms with van der Waals surface area (Å²) in [7, 11) is 4.00. The molecule has 2 aromatic rings. The van der Waals surface area contributed by atoms with Crippen molar-refractivity contribution in [1.82, 2.24) is 9.97 Å². The first kappa shape index (κ1) is 11.2. The number of hydrogen-bond donors (Lipinski definition) is 2. The molecular weight excluding hydrogens is 214 g/mol. The first-order chi connectivity index (χ1) is 8.15. The van der Waals surface area contributed by atoms with Crippen molar-refractivity contribution < 1.29 is 0 Å². The standard InChI is InChI=1S/C12H15N5/c1-17(2)10-5-3-4-9(8-10)15-11-6-7-14-12(13)16-11/h3-8H,1-2H3,(H3,13,14,15,16). The van der Waals surface area contributed by atoms with Gasteiger partial charge >= 0.3 is 0 Å². The molecule has 2 rings (SSSR count). The van der Waals surface area contributed by atoms with Crippen LogP contribution >= 0.6 is 0 Å². The summed E-state index contributed by atoms with van der Waals surface area (Å²) in [5.74, 6) is 0.951.